The van der Waals surface area contributed by atoms with E-state index in [-0.39, 0.29) is 18.1 Å². The quantitative estimate of drug-likeness (QED) is 0.381. The van der Waals surface area contributed by atoms with Crippen molar-refractivity contribution >= 4 is 46.3 Å². The van der Waals surface area contributed by atoms with Crippen LogP contribution in [0.1, 0.15) is 31.2 Å². The second-order valence-corrected chi connectivity index (χ2v) is 7.16. The average Bonchev–Trinajstić information content (AvgIpc) is 2.83. The zero-order valence-corrected chi connectivity index (χ0v) is 15.3. The minimum atomic E-state index is -2.88. The Balaban J connectivity index is 1.92. The van der Waals surface area contributed by atoms with Crippen LogP contribution < -0.4 is 4.74 Å². The number of alkyl halides is 2. The molecular weight excluding hydrogens is 384 g/mol. The Kier molecular flexibility index (Phi) is 7.52. The fourth-order valence-electron chi connectivity index (χ4n) is 2.31. The normalized spacial score (nSPS) is 16.0. The number of rotatable bonds is 9. The molecule has 1 aliphatic heterocycles. The molecule has 1 aromatic carbocycles. The maximum atomic E-state index is 12.4. The summed E-state index contributed by atoms with van der Waals surface area (Å²) >= 11 is 6.41. The molecule has 0 unspecified atom stereocenters. The first kappa shape index (κ1) is 20.3. The van der Waals surface area contributed by atoms with Gasteiger partial charge in [-0.05, 0) is 36.6 Å². The van der Waals surface area contributed by atoms with Gasteiger partial charge in [0.25, 0.3) is 5.91 Å². The Morgan fingerprint density at radius 3 is 2.58 bits per heavy atom. The fraction of sp³-hybridized carbons (Fsp3) is 0.353. The number of hydrogen-bond acceptors (Lipinski definition) is 5. The number of amides is 1. The molecule has 1 N–H and O–H groups in total. The zero-order chi connectivity index (χ0) is 19.1. The Morgan fingerprint density at radius 1 is 1.27 bits per heavy atom. The summed E-state index contributed by atoms with van der Waals surface area (Å²) in [6, 6.07) is 5.97. The first-order valence-electron chi connectivity index (χ1n) is 7.89. The van der Waals surface area contributed by atoms with Crippen LogP contribution in [0, 0.1) is 0 Å². The Morgan fingerprint density at radius 2 is 1.96 bits per heavy atom. The lowest BCUT2D eigenvalue weighted by molar-refractivity contribution is -0.137. The van der Waals surface area contributed by atoms with Crippen LogP contribution in [-0.2, 0) is 9.59 Å². The molecule has 9 heteroatoms. The third kappa shape index (κ3) is 6.06. The van der Waals surface area contributed by atoms with E-state index in [2.05, 4.69) is 4.74 Å². The van der Waals surface area contributed by atoms with Crippen molar-refractivity contribution in [3.63, 3.8) is 0 Å². The van der Waals surface area contributed by atoms with E-state index in [1.165, 1.54) is 28.8 Å². The number of carboxylic acids is 1. The van der Waals surface area contributed by atoms with Crippen LogP contribution in [0.4, 0.5) is 8.78 Å². The number of thiocarbonyl (C=S) groups is 1. The van der Waals surface area contributed by atoms with Crippen molar-refractivity contribution in [1.29, 1.82) is 0 Å². The highest BCUT2D eigenvalue weighted by atomic mass is 32.2. The minimum Gasteiger partial charge on any atom is -0.481 e. The topological polar surface area (TPSA) is 66.8 Å². The molecule has 0 radical (unpaired) electrons. The van der Waals surface area contributed by atoms with Gasteiger partial charge in [-0.25, -0.2) is 0 Å². The van der Waals surface area contributed by atoms with Gasteiger partial charge in [-0.2, -0.15) is 8.78 Å². The van der Waals surface area contributed by atoms with Crippen LogP contribution >= 0.6 is 24.0 Å². The number of thioether (sulfide) groups is 1. The first-order chi connectivity index (χ1) is 12.4. The fourth-order valence-corrected chi connectivity index (χ4v) is 3.62. The van der Waals surface area contributed by atoms with Gasteiger partial charge in [0, 0.05) is 13.0 Å². The van der Waals surface area contributed by atoms with Gasteiger partial charge in [-0.1, -0.05) is 42.5 Å². The van der Waals surface area contributed by atoms with Crippen molar-refractivity contribution in [3.8, 4) is 5.75 Å². The molecule has 140 valence electrons. The summed E-state index contributed by atoms with van der Waals surface area (Å²) in [5, 5.41) is 8.60. The number of carbonyl (C=O) groups is 2. The largest absolute Gasteiger partial charge is 0.481 e. The monoisotopic (exact) mass is 401 g/mol. The van der Waals surface area contributed by atoms with E-state index in [0.29, 0.717) is 40.6 Å². The smallest absolute Gasteiger partial charge is 0.387 e. The highest BCUT2D eigenvalue weighted by Crippen LogP contribution is 2.33. The molecule has 1 heterocycles. The van der Waals surface area contributed by atoms with Gasteiger partial charge in [0.1, 0.15) is 10.1 Å². The van der Waals surface area contributed by atoms with Crippen LogP contribution in [0.2, 0.25) is 0 Å². The molecule has 0 spiro atoms. The maximum absolute atomic E-state index is 12.4. The zero-order valence-electron chi connectivity index (χ0n) is 13.7. The highest BCUT2D eigenvalue weighted by Gasteiger charge is 2.31. The summed E-state index contributed by atoms with van der Waals surface area (Å²) < 4.78 is 29.0. The van der Waals surface area contributed by atoms with E-state index in [1.807, 2.05) is 0 Å². The van der Waals surface area contributed by atoms with Gasteiger partial charge in [-0.15, -0.1) is 0 Å². The molecule has 0 aliphatic carbocycles. The van der Waals surface area contributed by atoms with Gasteiger partial charge in [0.15, 0.2) is 0 Å². The van der Waals surface area contributed by atoms with Crippen LogP contribution in [0.3, 0.4) is 0 Å². The number of benzene rings is 1. The summed E-state index contributed by atoms with van der Waals surface area (Å²) in [5.74, 6) is -0.985. The minimum absolute atomic E-state index is 0.0473. The number of carbonyl (C=O) groups excluding carboxylic acids is 1. The van der Waals surface area contributed by atoms with E-state index in [4.69, 9.17) is 17.3 Å². The third-order valence-corrected chi connectivity index (χ3v) is 4.93. The van der Waals surface area contributed by atoms with E-state index in [0.717, 1.165) is 0 Å². The summed E-state index contributed by atoms with van der Waals surface area (Å²) in [7, 11) is 0. The predicted molar refractivity (Wildman–Crippen MR) is 99.1 cm³/mol. The van der Waals surface area contributed by atoms with Crippen molar-refractivity contribution in [2.75, 3.05) is 6.54 Å². The number of nitrogens with zero attached hydrogens (tertiary/aromatic N) is 1. The third-order valence-electron chi connectivity index (χ3n) is 3.55. The van der Waals surface area contributed by atoms with E-state index < -0.39 is 12.6 Å². The Bertz CT molecular complexity index is 707. The van der Waals surface area contributed by atoms with Crippen LogP contribution in [0.5, 0.6) is 5.75 Å². The van der Waals surface area contributed by atoms with Crippen molar-refractivity contribution < 1.29 is 28.2 Å². The molecule has 0 saturated carbocycles. The number of unbranched alkanes of at least 4 members (excludes halogenated alkanes) is 2. The van der Waals surface area contributed by atoms with E-state index in [9.17, 15) is 18.4 Å². The van der Waals surface area contributed by atoms with Gasteiger partial charge >= 0.3 is 12.6 Å². The molecule has 1 aliphatic rings. The second kappa shape index (κ2) is 9.63. The summed E-state index contributed by atoms with van der Waals surface area (Å²) in [5.41, 5.74) is 0.675. The van der Waals surface area contributed by atoms with Crippen LogP contribution in [0.15, 0.2) is 29.2 Å². The standard InChI is InChI=1S/C17H17F2NO4S2/c18-16(19)24-12-7-5-11(6-8-12)10-13-15(23)20(17(25)26-13)9-3-1-2-4-14(21)22/h5-8,10,16H,1-4,9H2,(H,21,22)/b13-10-. The number of hydrogen-bond donors (Lipinski definition) is 1. The van der Waals surface area contributed by atoms with E-state index >= 15 is 0 Å². The van der Waals surface area contributed by atoms with Gasteiger partial charge in [0.2, 0.25) is 0 Å². The summed E-state index contributed by atoms with van der Waals surface area (Å²) in [4.78, 5) is 24.9. The molecule has 0 atom stereocenters. The number of aliphatic carboxylic acids is 1. The SMILES string of the molecule is O=C(O)CCCCCN1C(=O)/C(=C/c2ccc(OC(F)F)cc2)SC1=S. The molecule has 1 amide bonds. The van der Waals surface area contributed by atoms with Gasteiger partial charge < -0.3 is 9.84 Å². The van der Waals surface area contributed by atoms with Crippen molar-refractivity contribution in [2.24, 2.45) is 0 Å². The van der Waals surface area contributed by atoms with E-state index in [1.54, 1.807) is 18.2 Å². The van der Waals surface area contributed by atoms with Crippen molar-refractivity contribution in [2.45, 2.75) is 32.3 Å². The Labute approximate surface area is 159 Å². The molecular formula is C17H17F2NO4S2. The number of halogens is 2. The highest BCUT2D eigenvalue weighted by molar-refractivity contribution is 8.26. The van der Waals surface area contributed by atoms with Crippen LogP contribution in [-0.4, -0.2) is 39.4 Å². The Hall–Kier alpha value is -2.00. The van der Waals surface area contributed by atoms with Crippen LogP contribution in [0.25, 0.3) is 6.08 Å². The first-order valence-corrected chi connectivity index (χ1v) is 9.11. The lowest BCUT2D eigenvalue weighted by Gasteiger charge is -2.13. The number of carboxylic acid groups (broad SMARTS) is 1. The second-order valence-electron chi connectivity index (χ2n) is 5.49. The maximum Gasteiger partial charge on any atom is 0.387 e. The lowest BCUT2D eigenvalue weighted by Crippen LogP contribution is -2.29. The molecule has 1 aromatic rings. The lowest BCUT2D eigenvalue weighted by atomic mass is 10.2. The molecule has 1 fully saturated rings. The summed E-state index contributed by atoms with van der Waals surface area (Å²) in [6.45, 7) is -2.43. The van der Waals surface area contributed by atoms with Crippen molar-refractivity contribution in [3.05, 3.63) is 34.7 Å². The predicted octanol–water partition coefficient (Wildman–Crippen LogP) is 4.13. The van der Waals surface area contributed by atoms with Gasteiger partial charge in [0.05, 0.1) is 4.91 Å². The molecule has 0 aromatic heterocycles. The number of ether oxygens (including phenoxy) is 1. The van der Waals surface area contributed by atoms with Gasteiger partial charge in [-0.3, -0.25) is 14.5 Å². The molecule has 2 rings (SSSR count). The molecule has 0 bridgehead atoms. The average molecular weight is 401 g/mol. The summed E-state index contributed by atoms with van der Waals surface area (Å²) in [6.07, 6.45) is 3.70. The molecule has 1 saturated heterocycles. The molecule has 5 nitrogen and oxygen atoms in total. The molecule has 26 heavy (non-hydrogen) atoms. The van der Waals surface area contributed by atoms with Crippen molar-refractivity contribution in [1.82, 2.24) is 4.90 Å².